The van der Waals surface area contributed by atoms with Gasteiger partial charge in [0.15, 0.2) is 11.4 Å². The van der Waals surface area contributed by atoms with Gasteiger partial charge in [-0.25, -0.2) is 0 Å². The first-order valence-corrected chi connectivity index (χ1v) is 8.61. The summed E-state index contributed by atoms with van der Waals surface area (Å²) in [4.78, 5) is 27.2. The molecule has 6 heteroatoms. The summed E-state index contributed by atoms with van der Waals surface area (Å²) in [6.45, 7) is 3.93. The fourth-order valence-corrected chi connectivity index (χ4v) is 4.10. The van der Waals surface area contributed by atoms with Gasteiger partial charge >= 0.3 is 0 Å². The second-order valence-corrected chi connectivity index (χ2v) is 7.75. The molecule has 1 aromatic carbocycles. The number of aliphatic hydroxyl groups is 1. The molecule has 4 nitrogen and oxygen atoms in total. The van der Waals surface area contributed by atoms with Crippen molar-refractivity contribution in [3.05, 3.63) is 63.3 Å². The number of Topliss-reactive ketones (excluding diaryl/α,β-unsaturated/α-hetero) is 1. The lowest BCUT2D eigenvalue weighted by atomic mass is 9.89. The van der Waals surface area contributed by atoms with E-state index in [9.17, 15) is 14.7 Å². The molecule has 1 aliphatic heterocycles. The first kappa shape index (κ1) is 16.1. The molecule has 0 unspecified atom stereocenters. The largest absolute Gasteiger partial charge is 0.375 e. The standard InChI is InChI=1S/C17H14BrNO3S/c1-2-9-19-12-6-4-3-5-11(12)17(22,16(19)21)10-13(20)14-7-8-15(18)23-14/h2-8,22H,1,9-10H2/t17-/m0/s1. The maximum atomic E-state index is 12.7. The van der Waals surface area contributed by atoms with Crippen molar-refractivity contribution >= 4 is 44.6 Å². The van der Waals surface area contributed by atoms with Crippen LogP contribution in [0, 0.1) is 0 Å². The van der Waals surface area contributed by atoms with Crippen molar-refractivity contribution in [3.63, 3.8) is 0 Å². The van der Waals surface area contributed by atoms with Crippen molar-refractivity contribution in [2.45, 2.75) is 12.0 Å². The molecule has 0 spiro atoms. The number of halogens is 1. The fourth-order valence-electron chi connectivity index (χ4n) is 2.77. The summed E-state index contributed by atoms with van der Waals surface area (Å²) < 4.78 is 0.833. The average Bonchev–Trinajstić information content (AvgIpc) is 3.05. The van der Waals surface area contributed by atoms with Crippen LogP contribution in [0.25, 0.3) is 0 Å². The number of hydrogen-bond acceptors (Lipinski definition) is 4. The van der Waals surface area contributed by atoms with E-state index in [0.717, 1.165) is 3.79 Å². The lowest BCUT2D eigenvalue weighted by molar-refractivity contribution is -0.135. The molecule has 1 atom stereocenters. The summed E-state index contributed by atoms with van der Waals surface area (Å²) in [6.07, 6.45) is 1.32. The van der Waals surface area contributed by atoms with Crippen LogP contribution in [0.3, 0.4) is 0 Å². The quantitative estimate of drug-likeness (QED) is 0.626. The number of carbonyl (C=O) groups is 2. The van der Waals surface area contributed by atoms with Crippen LogP contribution in [0.5, 0.6) is 0 Å². The van der Waals surface area contributed by atoms with Crippen molar-refractivity contribution in [2.24, 2.45) is 0 Å². The Kier molecular flexibility index (Phi) is 4.23. The Labute approximate surface area is 146 Å². The topological polar surface area (TPSA) is 57.6 Å². The maximum Gasteiger partial charge on any atom is 0.264 e. The van der Waals surface area contributed by atoms with Gasteiger partial charge in [-0.15, -0.1) is 17.9 Å². The Morgan fingerprint density at radius 3 is 2.74 bits per heavy atom. The third-order valence-electron chi connectivity index (χ3n) is 3.82. The van der Waals surface area contributed by atoms with Gasteiger partial charge < -0.3 is 10.0 Å². The van der Waals surface area contributed by atoms with Crippen molar-refractivity contribution in [2.75, 3.05) is 11.4 Å². The maximum absolute atomic E-state index is 12.7. The van der Waals surface area contributed by atoms with E-state index in [1.54, 1.807) is 42.5 Å². The number of para-hydroxylation sites is 1. The Morgan fingerprint density at radius 1 is 1.35 bits per heavy atom. The Hall–Kier alpha value is -1.76. The predicted molar refractivity (Wildman–Crippen MR) is 93.9 cm³/mol. The first-order valence-electron chi connectivity index (χ1n) is 7.00. The summed E-state index contributed by atoms with van der Waals surface area (Å²) >= 11 is 4.60. The van der Waals surface area contributed by atoms with Gasteiger partial charge in [0, 0.05) is 12.1 Å². The number of fused-ring (bicyclic) bond motifs is 1. The lowest BCUT2D eigenvalue weighted by Crippen LogP contribution is -2.41. The van der Waals surface area contributed by atoms with E-state index < -0.39 is 11.5 Å². The van der Waals surface area contributed by atoms with Crippen molar-refractivity contribution in [1.82, 2.24) is 0 Å². The van der Waals surface area contributed by atoms with Crippen LogP contribution in [0.1, 0.15) is 21.7 Å². The summed E-state index contributed by atoms with van der Waals surface area (Å²) in [6, 6.07) is 10.5. The molecule has 0 fully saturated rings. The molecule has 0 saturated carbocycles. The molecule has 1 aliphatic rings. The van der Waals surface area contributed by atoms with Gasteiger partial charge in [0.25, 0.3) is 5.91 Å². The zero-order valence-electron chi connectivity index (χ0n) is 12.2. The lowest BCUT2D eigenvalue weighted by Gasteiger charge is -2.21. The summed E-state index contributed by atoms with van der Waals surface area (Å²) in [5.41, 5.74) is -0.733. The molecule has 1 N–H and O–H groups in total. The first-order chi connectivity index (χ1) is 11.0. The van der Waals surface area contributed by atoms with Crippen LogP contribution in [0.2, 0.25) is 0 Å². The number of rotatable bonds is 5. The highest BCUT2D eigenvalue weighted by Gasteiger charge is 2.50. The molecule has 2 aromatic rings. The second-order valence-electron chi connectivity index (χ2n) is 5.29. The molecule has 23 heavy (non-hydrogen) atoms. The van der Waals surface area contributed by atoms with Crippen molar-refractivity contribution in [3.8, 4) is 0 Å². The van der Waals surface area contributed by atoms with Gasteiger partial charge in [0.2, 0.25) is 0 Å². The number of thiophene rings is 1. The van der Waals surface area contributed by atoms with Gasteiger partial charge in [-0.3, -0.25) is 9.59 Å². The number of carbonyl (C=O) groups excluding carboxylic acids is 2. The van der Waals surface area contributed by atoms with Crippen molar-refractivity contribution in [1.29, 1.82) is 0 Å². The van der Waals surface area contributed by atoms with E-state index in [-0.39, 0.29) is 18.7 Å². The summed E-state index contributed by atoms with van der Waals surface area (Å²) in [7, 11) is 0. The molecular weight excluding hydrogens is 378 g/mol. The average molecular weight is 392 g/mol. The molecule has 2 heterocycles. The highest BCUT2D eigenvalue weighted by Crippen LogP contribution is 2.43. The zero-order valence-corrected chi connectivity index (χ0v) is 14.6. The Bertz CT molecular complexity index is 801. The minimum absolute atomic E-state index is 0.258. The molecule has 0 radical (unpaired) electrons. The van der Waals surface area contributed by atoms with Crippen LogP contribution < -0.4 is 4.90 Å². The second kappa shape index (κ2) is 6.03. The fraction of sp³-hybridized carbons (Fsp3) is 0.176. The monoisotopic (exact) mass is 391 g/mol. The summed E-state index contributed by atoms with van der Waals surface area (Å²) in [5, 5.41) is 11.0. The number of hydrogen-bond donors (Lipinski definition) is 1. The van der Waals surface area contributed by atoms with E-state index in [4.69, 9.17) is 0 Å². The van der Waals surface area contributed by atoms with Crippen LogP contribution in [-0.4, -0.2) is 23.3 Å². The molecule has 0 aliphatic carbocycles. The minimum atomic E-state index is -1.83. The van der Waals surface area contributed by atoms with Gasteiger partial charge in [0.1, 0.15) is 0 Å². The van der Waals surface area contributed by atoms with E-state index in [0.29, 0.717) is 16.1 Å². The van der Waals surface area contributed by atoms with Crippen LogP contribution >= 0.6 is 27.3 Å². The highest BCUT2D eigenvalue weighted by molar-refractivity contribution is 9.11. The molecule has 1 amide bonds. The highest BCUT2D eigenvalue weighted by atomic mass is 79.9. The third kappa shape index (κ3) is 2.67. The Morgan fingerprint density at radius 2 is 2.09 bits per heavy atom. The van der Waals surface area contributed by atoms with E-state index in [1.807, 2.05) is 0 Å². The third-order valence-corrected chi connectivity index (χ3v) is 5.48. The number of ketones is 1. The number of nitrogens with zero attached hydrogens (tertiary/aromatic N) is 1. The molecule has 118 valence electrons. The van der Waals surface area contributed by atoms with Gasteiger partial charge in [-0.2, -0.15) is 0 Å². The minimum Gasteiger partial charge on any atom is -0.375 e. The van der Waals surface area contributed by atoms with Crippen LogP contribution in [0.4, 0.5) is 5.69 Å². The van der Waals surface area contributed by atoms with Crippen molar-refractivity contribution < 1.29 is 14.7 Å². The number of amides is 1. The smallest absolute Gasteiger partial charge is 0.264 e. The molecule has 1 aromatic heterocycles. The predicted octanol–water partition coefficient (Wildman–Crippen LogP) is 3.50. The molecule has 3 rings (SSSR count). The Balaban J connectivity index is 1.98. The van der Waals surface area contributed by atoms with Crippen LogP contribution in [0.15, 0.2) is 52.8 Å². The van der Waals surface area contributed by atoms with E-state index in [1.165, 1.54) is 16.2 Å². The SMILES string of the molecule is C=CCN1C(=O)[C@](O)(CC(=O)c2ccc(Br)s2)c2ccccc21. The summed E-state index contributed by atoms with van der Waals surface area (Å²) in [5.74, 6) is -0.741. The van der Waals surface area contributed by atoms with Crippen LogP contribution in [-0.2, 0) is 10.4 Å². The normalized spacial score (nSPS) is 19.7. The molecular formula is C17H14BrNO3S. The number of benzene rings is 1. The zero-order chi connectivity index (χ0) is 16.6. The molecule has 0 saturated heterocycles. The van der Waals surface area contributed by atoms with Gasteiger partial charge in [-0.1, -0.05) is 24.3 Å². The number of anilines is 1. The molecule has 0 bridgehead atoms. The van der Waals surface area contributed by atoms with E-state index >= 15 is 0 Å². The van der Waals surface area contributed by atoms with Gasteiger partial charge in [-0.05, 0) is 34.1 Å². The van der Waals surface area contributed by atoms with E-state index in [2.05, 4.69) is 22.5 Å². The van der Waals surface area contributed by atoms with Gasteiger partial charge in [0.05, 0.1) is 20.8 Å².